The molecule has 1 aromatic heterocycles. The Morgan fingerprint density at radius 3 is 2.36 bits per heavy atom. The average molecular weight is 443 g/mol. The second-order valence-electron chi connectivity index (χ2n) is 10.1. The van der Waals surface area contributed by atoms with Gasteiger partial charge in [0.25, 0.3) is 0 Å². The summed E-state index contributed by atoms with van der Waals surface area (Å²) in [7, 11) is 0. The molecule has 2 unspecified atom stereocenters. The predicted octanol–water partition coefficient (Wildman–Crippen LogP) is 6.06. The Hall–Kier alpha value is -2.72. The number of carbonyl (C=O) groups is 2. The van der Waals surface area contributed by atoms with Gasteiger partial charge in [0.15, 0.2) is 11.6 Å². The number of Topliss-reactive ketones (excluding diaryl/α,β-unsaturated/α-hetero) is 2. The summed E-state index contributed by atoms with van der Waals surface area (Å²) in [5.74, 6) is 0.944. The van der Waals surface area contributed by atoms with Crippen LogP contribution in [0.1, 0.15) is 71.7 Å². The number of fused-ring (bicyclic) bond motifs is 3. The Morgan fingerprint density at radius 1 is 0.939 bits per heavy atom. The number of aromatic nitrogens is 1. The number of rotatable bonds is 8. The molecule has 2 bridgehead atoms. The molecule has 2 saturated heterocycles. The lowest BCUT2D eigenvalue weighted by atomic mass is 9.85. The van der Waals surface area contributed by atoms with E-state index in [4.69, 9.17) is 0 Å². The standard InChI is InChI=1S/C29H34N2O2/c1-20-8-6-11-26-27(21(2)32)19-30(29(20)26)14-7-15-31-24-12-13-25(31)17-22(16-24)18-28(33)23-9-4-3-5-10-23/h3-6,8-11,19,22,24-25H,7,12-18H2,1-2H3. The van der Waals surface area contributed by atoms with Gasteiger partial charge in [0.1, 0.15) is 0 Å². The van der Waals surface area contributed by atoms with Crippen LogP contribution in [0.5, 0.6) is 0 Å². The maximum Gasteiger partial charge on any atom is 0.163 e. The molecule has 2 aliphatic heterocycles. The van der Waals surface area contributed by atoms with Crippen molar-refractivity contribution in [3.05, 3.63) is 71.4 Å². The average Bonchev–Trinajstić information content (AvgIpc) is 3.29. The van der Waals surface area contributed by atoms with Crippen molar-refractivity contribution in [3.8, 4) is 0 Å². The van der Waals surface area contributed by atoms with Crippen molar-refractivity contribution in [1.82, 2.24) is 9.47 Å². The van der Waals surface area contributed by atoms with Gasteiger partial charge >= 0.3 is 0 Å². The molecule has 0 radical (unpaired) electrons. The zero-order chi connectivity index (χ0) is 22.9. The van der Waals surface area contributed by atoms with E-state index >= 15 is 0 Å². The highest BCUT2D eigenvalue weighted by Crippen LogP contribution is 2.40. The lowest BCUT2D eigenvalue weighted by molar-refractivity contribution is 0.0807. The summed E-state index contributed by atoms with van der Waals surface area (Å²) >= 11 is 0. The van der Waals surface area contributed by atoms with Crippen molar-refractivity contribution in [1.29, 1.82) is 0 Å². The molecule has 0 aliphatic carbocycles. The maximum absolute atomic E-state index is 12.7. The highest BCUT2D eigenvalue weighted by Gasteiger charge is 2.40. The minimum absolute atomic E-state index is 0.134. The van der Waals surface area contributed by atoms with Gasteiger partial charge in [-0.25, -0.2) is 0 Å². The molecule has 0 N–H and O–H groups in total. The van der Waals surface area contributed by atoms with E-state index in [0.29, 0.717) is 30.2 Å². The van der Waals surface area contributed by atoms with E-state index in [-0.39, 0.29) is 5.78 Å². The SMILES string of the molecule is CC(=O)c1cn(CCCN2C3CCC2CC(CC(=O)c2ccccc2)C3)c2c(C)cccc12. The summed E-state index contributed by atoms with van der Waals surface area (Å²) in [5, 5.41) is 1.08. The predicted molar refractivity (Wildman–Crippen MR) is 133 cm³/mol. The van der Waals surface area contributed by atoms with E-state index in [1.54, 1.807) is 6.92 Å². The van der Waals surface area contributed by atoms with Gasteiger partial charge in [0.2, 0.25) is 0 Å². The van der Waals surface area contributed by atoms with Gasteiger partial charge < -0.3 is 4.57 Å². The van der Waals surface area contributed by atoms with Crippen LogP contribution in [0.4, 0.5) is 0 Å². The fourth-order valence-electron chi connectivity index (χ4n) is 6.35. The van der Waals surface area contributed by atoms with Crippen LogP contribution in [0.2, 0.25) is 0 Å². The van der Waals surface area contributed by atoms with Crippen LogP contribution < -0.4 is 0 Å². The third-order valence-electron chi connectivity index (χ3n) is 7.85. The molecule has 2 atom stereocenters. The molecule has 4 nitrogen and oxygen atoms in total. The molecule has 172 valence electrons. The van der Waals surface area contributed by atoms with Gasteiger partial charge in [-0.05, 0) is 57.4 Å². The molecular formula is C29H34N2O2. The first-order chi connectivity index (χ1) is 16.0. The van der Waals surface area contributed by atoms with Crippen LogP contribution in [0.15, 0.2) is 54.7 Å². The number of piperidine rings is 1. The smallest absolute Gasteiger partial charge is 0.163 e. The van der Waals surface area contributed by atoms with Crippen LogP contribution in [-0.2, 0) is 6.54 Å². The van der Waals surface area contributed by atoms with Gasteiger partial charge in [0, 0.05) is 54.3 Å². The Kier molecular flexibility index (Phi) is 6.20. The number of hydrogen-bond donors (Lipinski definition) is 0. The van der Waals surface area contributed by atoms with Gasteiger partial charge in [-0.3, -0.25) is 14.5 Å². The third-order valence-corrected chi connectivity index (χ3v) is 7.85. The topological polar surface area (TPSA) is 42.3 Å². The fourth-order valence-corrected chi connectivity index (χ4v) is 6.35. The molecule has 0 amide bonds. The van der Waals surface area contributed by atoms with E-state index in [1.165, 1.54) is 23.9 Å². The van der Waals surface area contributed by atoms with E-state index in [9.17, 15) is 9.59 Å². The number of carbonyl (C=O) groups excluding carboxylic acids is 2. The van der Waals surface area contributed by atoms with Crippen LogP contribution in [-0.4, -0.2) is 39.7 Å². The fraction of sp³-hybridized carbons (Fsp3) is 0.448. The lowest BCUT2D eigenvalue weighted by Crippen LogP contribution is -2.43. The largest absolute Gasteiger partial charge is 0.346 e. The second kappa shape index (κ2) is 9.26. The number of para-hydroxylation sites is 1. The zero-order valence-electron chi connectivity index (χ0n) is 19.8. The molecule has 0 spiro atoms. The monoisotopic (exact) mass is 442 g/mol. The first-order valence-corrected chi connectivity index (χ1v) is 12.4. The summed E-state index contributed by atoms with van der Waals surface area (Å²) in [4.78, 5) is 27.6. The summed E-state index contributed by atoms with van der Waals surface area (Å²) in [6.45, 7) is 5.81. The molecule has 3 heterocycles. The number of aryl methyl sites for hydroxylation is 2. The van der Waals surface area contributed by atoms with Crippen LogP contribution in [0.25, 0.3) is 10.9 Å². The van der Waals surface area contributed by atoms with E-state index < -0.39 is 0 Å². The maximum atomic E-state index is 12.7. The number of nitrogens with zero attached hydrogens (tertiary/aromatic N) is 2. The molecule has 3 aromatic rings. The molecule has 0 saturated carbocycles. The van der Waals surface area contributed by atoms with Crippen molar-refractivity contribution in [2.75, 3.05) is 6.54 Å². The minimum Gasteiger partial charge on any atom is -0.346 e. The third kappa shape index (κ3) is 4.41. The zero-order valence-corrected chi connectivity index (χ0v) is 19.8. The van der Waals surface area contributed by atoms with Gasteiger partial charge in [-0.2, -0.15) is 0 Å². The molecule has 2 fully saturated rings. The van der Waals surface area contributed by atoms with Gasteiger partial charge in [-0.1, -0.05) is 48.5 Å². The molecule has 5 rings (SSSR count). The van der Waals surface area contributed by atoms with Crippen molar-refractivity contribution in [2.45, 2.75) is 71.0 Å². The highest BCUT2D eigenvalue weighted by atomic mass is 16.1. The first kappa shape index (κ1) is 22.1. The number of hydrogen-bond acceptors (Lipinski definition) is 3. The quantitative estimate of drug-likeness (QED) is 0.398. The van der Waals surface area contributed by atoms with Crippen molar-refractivity contribution < 1.29 is 9.59 Å². The second-order valence-corrected chi connectivity index (χ2v) is 10.1. The van der Waals surface area contributed by atoms with E-state index in [0.717, 1.165) is 48.9 Å². The number of benzene rings is 2. The first-order valence-electron chi connectivity index (χ1n) is 12.4. The molecule has 33 heavy (non-hydrogen) atoms. The number of ketones is 2. The normalized spacial score (nSPS) is 22.7. The van der Waals surface area contributed by atoms with Gasteiger partial charge in [-0.15, -0.1) is 0 Å². The Balaban J connectivity index is 1.20. The highest BCUT2D eigenvalue weighted by molar-refractivity contribution is 6.07. The summed E-state index contributed by atoms with van der Waals surface area (Å²) < 4.78 is 2.29. The molecule has 4 heteroatoms. The lowest BCUT2D eigenvalue weighted by Gasteiger charge is -2.39. The molecule has 2 aromatic carbocycles. The summed E-state index contributed by atoms with van der Waals surface area (Å²) in [6, 6.07) is 17.2. The van der Waals surface area contributed by atoms with Crippen LogP contribution in [0, 0.1) is 12.8 Å². The van der Waals surface area contributed by atoms with Crippen LogP contribution in [0.3, 0.4) is 0 Å². The van der Waals surface area contributed by atoms with Crippen molar-refractivity contribution in [3.63, 3.8) is 0 Å². The molecular weight excluding hydrogens is 408 g/mol. The summed E-state index contributed by atoms with van der Waals surface area (Å²) in [6.07, 6.45) is 8.64. The molecule has 2 aliphatic rings. The Labute approximate surface area is 196 Å². The van der Waals surface area contributed by atoms with Crippen molar-refractivity contribution >= 4 is 22.5 Å². The van der Waals surface area contributed by atoms with Gasteiger partial charge in [0.05, 0.1) is 5.52 Å². The van der Waals surface area contributed by atoms with E-state index in [1.807, 2.05) is 36.4 Å². The minimum atomic E-state index is 0.134. The Bertz CT molecular complexity index is 1150. The Morgan fingerprint density at radius 2 is 1.67 bits per heavy atom. The van der Waals surface area contributed by atoms with E-state index in [2.05, 4.69) is 34.7 Å². The van der Waals surface area contributed by atoms with Crippen LogP contribution >= 0.6 is 0 Å². The van der Waals surface area contributed by atoms with Crippen molar-refractivity contribution in [2.24, 2.45) is 5.92 Å². The summed E-state index contributed by atoms with van der Waals surface area (Å²) in [5.41, 5.74) is 4.11.